The third-order valence-electron chi connectivity index (χ3n) is 4.47. The number of benzene rings is 1. The molecule has 0 bridgehead atoms. The third-order valence-corrected chi connectivity index (χ3v) is 5.77. The van der Waals surface area contributed by atoms with Crippen molar-refractivity contribution in [2.45, 2.75) is 38.6 Å². The highest BCUT2D eigenvalue weighted by molar-refractivity contribution is 8.00. The van der Waals surface area contributed by atoms with Gasteiger partial charge in [-0.2, -0.15) is 16.9 Å². The third kappa shape index (κ3) is 5.04. The lowest BCUT2D eigenvalue weighted by molar-refractivity contribution is 0.376. The van der Waals surface area contributed by atoms with E-state index in [1.165, 1.54) is 11.1 Å². The Morgan fingerprint density at radius 3 is 2.77 bits per heavy atom. The molecule has 0 aliphatic carbocycles. The summed E-state index contributed by atoms with van der Waals surface area (Å²) in [7, 11) is 0. The van der Waals surface area contributed by atoms with Gasteiger partial charge in [0.15, 0.2) is 5.96 Å². The van der Waals surface area contributed by atoms with E-state index in [1.807, 2.05) is 34.9 Å². The number of thioether (sulfide) groups is 1. The summed E-state index contributed by atoms with van der Waals surface area (Å²) in [6.45, 7) is 11.2. The van der Waals surface area contributed by atoms with Crippen molar-refractivity contribution in [3.05, 3.63) is 53.9 Å². The second-order valence-electron chi connectivity index (χ2n) is 7.17. The molecule has 0 amide bonds. The lowest BCUT2D eigenvalue weighted by Gasteiger charge is -2.39. The molecule has 0 radical (unpaired) electrons. The van der Waals surface area contributed by atoms with Crippen LogP contribution in [0, 0.1) is 0 Å². The monoisotopic (exact) mass is 371 g/mol. The van der Waals surface area contributed by atoms with Crippen LogP contribution in [0.2, 0.25) is 0 Å². The Morgan fingerprint density at radius 2 is 2.08 bits per heavy atom. The van der Waals surface area contributed by atoms with Gasteiger partial charge in [-0.25, -0.2) is 4.99 Å². The zero-order valence-corrected chi connectivity index (χ0v) is 16.8. The van der Waals surface area contributed by atoms with Crippen LogP contribution in [0.5, 0.6) is 0 Å². The van der Waals surface area contributed by atoms with Crippen LogP contribution in [-0.4, -0.2) is 50.8 Å². The van der Waals surface area contributed by atoms with Gasteiger partial charge in [0.25, 0.3) is 0 Å². The van der Waals surface area contributed by atoms with E-state index in [1.54, 1.807) is 0 Å². The number of aromatic nitrogens is 2. The molecule has 0 atom stereocenters. The number of nitrogens with one attached hydrogen (secondary N) is 1. The first kappa shape index (κ1) is 18.8. The van der Waals surface area contributed by atoms with Crippen LogP contribution in [-0.2, 0) is 13.1 Å². The molecule has 5 nitrogen and oxygen atoms in total. The van der Waals surface area contributed by atoms with Crippen molar-refractivity contribution >= 4 is 17.7 Å². The van der Waals surface area contributed by atoms with E-state index in [-0.39, 0.29) is 4.75 Å². The van der Waals surface area contributed by atoms with Crippen molar-refractivity contribution < 1.29 is 0 Å². The van der Waals surface area contributed by atoms with Crippen LogP contribution < -0.4 is 5.32 Å². The van der Waals surface area contributed by atoms with Gasteiger partial charge in [0.05, 0.1) is 13.1 Å². The molecule has 1 saturated heterocycles. The normalized spacial score (nSPS) is 17.3. The first-order chi connectivity index (χ1) is 12.6. The van der Waals surface area contributed by atoms with Gasteiger partial charge in [-0.15, -0.1) is 0 Å². The molecule has 1 fully saturated rings. The van der Waals surface area contributed by atoms with Gasteiger partial charge >= 0.3 is 0 Å². The van der Waals surface area contributed by atoms with Gasteiger partial charge in [-0.05, 0) is 38.0 Å². The Kier molecular flexibility index (Phi) is 6.25. The highest BCUT2D eigenvalue weighted by Crippen LogP contribution is 2.29. The van der Waals surface area contributed by atoms with Crippen molar-refractivity contribution in [2.75, 3.05) is 25.4 Å². The van der Waals surface area contributed by atoms with Crippen molar-refractivity contribution in [1.29, 1.82) is 0 Å². The second kappa shape index (κ2) is 8.62. The minimum atomic E-state index is 0.270. The maximum atomic E-state index is 4.96. The maximum absolute atomic E-state index is 4.96. The van der Waals surface area contributed by atoms with Crippen molar-refractivity contribution in [3.63, 3.8) is 0 Å². The first-order valence-corrected chi connectivity index (χ1v) is 10.3. The summed E-state index contributed by atoms with van der Waals surface area (Å²) in [5, 5.41) is 7.80. The molecule has 0 spiro atoms. The second-order valence-corrected chi connectivity index (χ2v) is 8.97. The molecule has 1 N–H and O–H groups in total. The van der Waals surface area contributed by atoms with Crippen LogP contribution in [0.4, 0.5) is 0 Å². The molecular weight excluding hydrogens is 342 g/mol. The zero-order chi connectivity index (χ0) is 18.4. The molecule has 0 saturated carbocycles. The van der Waals surface area contributed by atoms with E-state index in [9.17, 15) is 0 Å². The van der Waals surface area contributed by atoms with Crippen LogP contribution >= 0.6 is 11.8 Å². The van der Waals surface area contributed by atoms with Crippen LogP contribution in [0.3, 0.4) is 0 Å². The van der Waals surface area contributed by atoms with Crippen molar-refractivity contribution in [1.82, 2.24) is 20.0 Å². The Morgan fingerprint density at radius 1 is 1.27 bits per heavy atom. The zero-order valence-electron chi connectivity index (χ0n) is 16.0. The first-order valence-electron chi connectivity index (χ1n) is 9.29. The lowest BCUT2D eigenvalue weighted by Crippen LogP contribution is -2.50. The minimum absolute atomic E-state index is 0.270. The average Bonchev–Trinajstić information content (AvgIpc) is 3.12. The van der Waals surface area contributed by atoms with Crippen LogP contribution in [0.25, 0.3) is 0 Å². The highest BCUT2D eigenvalue weighted by Gasteiger charge is 2.28. The van der Waals surface area contributed by atoms with E-state index < -0.39 is 0 Å². The topological polar surface area (TPSA) is 45.5 Å². The van der Waals surface area contributed by atoms with Crippen LogP contribution in [0.15, 0.2) is 47.7 Å². The fourth-order valence-corrected chi connectivity index (χ4v) is 4.33. The molecule has 3 rings (SSSR count). The summed E-state index contributed by atoms with van der Waals surface area (Å²) in [5.41, 5.74) is 2.52. The molecule has 6 heteroatoms. The van der Waals surface area contributed by atoms with E-state index in [0.717, 1.165) is 37.9 Å². The van der Waals surface area contributed by atoms with Gasteiger partial charge in [-0.3, -0.25) is 4.68 Å². The summed E-state index contributed by atoms with van der Waals surface area (Å²) < 4.78 is 2.23. The van der Waals surface area contributed by atoms with Gasteiger partial charge < -0.3 is 10.2 Å². The van der Waals surface area contributed by atoms with Gasteiger partial charge in [-0.1, -0.05) is 24.3 Å². The highest BCUT2D eigenvalue weighted by atomic mass is 32.2. The number of aliphatic imine (C=N–C) groups is 1. The summed E-state index contributed by atoms with van der Waals surface area (Å²) in [5.74, 6) is 2.17. The standard InChI is InChI=1S/C20H29N5S/c1-4-21-19(24-12-13-26-20(2,3)16-24)22-14-17-8-5-6-9-18(17)15-25-11-7-10-23-25/h5-11H,4,12-16H2,1-3H3,(H,21,22). The summed E-state index contributed by atoms with van der Waals surface area (Å²) in [6, 6.07) is 10.5. The predicted molar refractivity (Wildman–Crippen MR) is 111 cm³/mol. The molecule has 1 aromatic carbocycles. The molecule has 2 aromatic rings. The molecule has 0 unspecified atom stereocenters. The number of guanidine groups is 1. The summed E-state index contributed by atoms with van der Waals surface area (Å²) >= 11 is 2.04. The molecule has 140 valence electrons. The van der Waals surface area contributed by atoms with E-state index in [4.69, 9.17) is 4.99 Å². The summed E-state index contributed by atoms with van der Waals surface area (Å²) in [6.07, 6.45) is 3.82. The number of rotatable bonds is 5. The summed E-state index contributed by atoms with van der Waals surface area (Å²) in [4.78, 5) is 7.35. The van der Waals surface area contributed by atoms with Crippen molar-refractivity contribution in [3.8, 4) is 0 Å². The van der Waals surface area contributed by atoms with E-state index in [2.05, 4.69) is 60.4 Å². The fourth-order valence-electron chi connectivity index (χ4n) is 3.22. The quantitative estimate of drug-likeness (QED) is 0.647. The SMILES string of the molecule is CCNC(=NCc1ccccc1Cn1cccn1)N1CCSC(C)(C)C1. The molecular formula is C20H29N5S. The molecule has 2 heterocycles. The smallest absolute Gasteiger partial charge is 0.194 e. The fraction of sp³-hybridized carbons (Fsp3) is 0.500. The molecule has 26 heavy (non-hydrogen) atoms. The average molecular weight is 372 g/mol. The number of hydrogen-bond donors (Lipinski definition) is 1. The van der Waals surface area contributed by atoms with Crippen LogP contribution in [0.1, 0.15) is 31.9 Å². The largest absolute Gasteiger partial charge is 0.357 e. The lowest BCUT2D eigenvalue weighted by atomic mass is 10.1. The number of nitrogens with zero attached hydrogens (tertiary/aromatic N) is 4. The van der Waals surface area contributed by atoms with E-state index >= 15 is 0 Å². The molecule has 1 aromatic heterocycles. The minimum Gasteiger partial charge on any atom is -0.357 e. The Balaban J connectivity index is 1.75. The molecule has 1 aliphatic heterocycles. The van der Waals surface area contributed by atoms with Gasteiger partial charge in [0.2, 0.25) is 0 Å². The molecule has 1 aliphatic rings. The maximum Gasteiger partial charge on any atom is 0.194 e. The number of hydrogen-bond acceptors (Lipinski definition) is 3. The van der Waals surface area contributed by atoms with E-state index in [0.29, 0.717) is 6.54 Å². The predicted octanol–water partition coefficient (Wildman–Crippen LogP) is 3.22. The van der Waals surface area contributed by atoms with Crippen molar-refractivity contribution in [2.24, 2.45) is 4.99 Å². The Bertz CT molecular complexity index is 724. The Hall–Kier alpha value is -1.95. The van der Waals surface area contributed by atoms with Gasteiger partial charge in [0.1, 0.15) is 0 Å². The Labute approximate surface area is 160 Å². The van der Waals surface area contributed by atoms with Gasteiger partial charge in [0, 0.05) is 42.5 Å².